The fourth-order valence-electron chi connectivity index (χ4n) is 12.5. The number of para-hydroxylation sites is 2. The molecule has 0 bridgehead atoms. The molecule has 2 aromatic heterocycles. The summed E-state index contributed by atoms with van der Waals surface area (Å²) in [5, 5.41) is 42.0. The van der Waals surface area contributed by atoms with Crippen LogP contribution in [-0.2, 0) is 70.9 Å². The van der Waals surface area contributed by atoms with Crippen molar-refractivity contribution in [3.63, 3.8) is 0 Å². The van der Waals surface area contributed by atoms with Crippen molar-refractivity contribution in [3.8, 4) is 0 Å². The van der Waals surface area contributed by atoms with E-state index in [1.165, 1.54) is 22.3 Å². The second-order valence-corrected chi connectivity index (χ2v) is 39.8. The molecule has 1 unspecified atom stereocenters. The number of hydrogen-bond acceptors (Lipinski definition) is 14. The van der Waals surface area contributed by atoms with E-state index in [1.54, 1.807) is 27.3 Å². The van der Waals surface area contributed by atoms with Crippen LogP contribution in [0.15, 0.2) is 182 Å². The Kier molecular flexibility index (Phi) is 60.3. The van der Waals surface area contributed by atoms with Gasteiger partial charge in [-0.3, -0.25) is 29.6 Å². The number of amides is 2. The number of ketones is 2. The van der Waals surface area contributed by atoms with Crippen LogP contribution in [0.4, 0.5) is 0 Å². The van der Waals surface area contributed by atoms with Gasteiger partial charge >= 0.3 is 71.0 Å². The van der Waals surface area contributed by atoms with Crippen LogP contribution < -0.4 is 117 Å². The van der Waals surface area contributed by atoms with Crippen molar-refractivity contribution >= 4 is 129 Å². The Morgan fingerprint density at radius 2 is 1.08 bits per heavy atom. The molecular weight excluding hydrogens is 1860 g/mol. The summed E-state index contributed by atoms with van der Waals surface area (Å²) >= 11 is 8.12. The molecule has 8 aromatic rings. The number of benzene rings is 6. The van der Waals surface area contributed by atoms with Gasteiger partial charge in [0.25, 0.3) is 0 Å². The second kappa shape index (κ2) is 61.4. The fraction of sp³-hybridized carbons (Fsp3) is 0.405. The van der Waals surface area contributed by atoms with Crippen molar-refractivity contribution in [2.24, 2.45) is 17.2 Å². The zero-order valence-corrected chi connectivity index (χ0v) is 76.1. The number of likely N-dealkylation sites (N-methyl/N-ethyl adjacent to an activating group) is 2. The Balaban J connectivity index is 0. The fourth-order valence-corrected chi connectivity index (χ4v) is 12.9. The molecule has 0 spiro atoms. The summed E-state index contributed by atoms with van der Waals surface area (Å²) in [6.45, 7) is 14.6. The summed E-state index contributed by atoms with van der Waals surface area (Å²) < 4.78 is 8.60. The molecule has 0 aliphatic heterocycles. The Bertz CT molecular complexity index is 3880. The van der Waals surface area contributed by atoms with E-state index >= 15 is 0 Å². The number of carbonyl (C=O) groups is 4. The Morgan fingerprint density at radius 3 is 1.60 bits per heavy atom. The van der Waals surface area contributed by atoms with Gasteiger partial charge in [-0.25, -0.2) is 0 Å². The zero-order chi connectivity index (χ0) is 76.4. The molecule has 0 fully saturated rings. The third kappa shape index (κ3) is 43.1. The van der Waals surface area contributed by atoms with Gasteiger partial charge in [0.2, 0.25) is 17.3 Å². The summed E-state index contributed by atoms with van der Waals surface area (Å²) in [6, 6.07) is 54.2. The van der Waals surface area contributed by atoms with Gasteiger partial charge in [-0.15, -0.1) is 0 Å². The molecule has 608 valence electrons. The number of aryl methyl sites for hydroxylation is 4. The average Bonchev–Trinajstić information content (AvgIpc) is 0.805. The number of rotatable bonds is 42. The molecule has 111 heavy (non-hydrogen) atoms. The Labute approximate surface area is 735 Å². The number of hydrogen-bond donors (Lipinski definition) is 10. The van der Waals surface area contributed by atoms with Crippen LogP contribution in [0.3, 0.4) is 0 Å². The summed E-state index contributed by atoms with van der Waals surface area (Å²) in [5.74, 6) is -0.734. The molecular formula is C79H110B3BrCl6I2N12O7V-3. The number of aromatic nitrogens is 2. The van der Waals surface area contributed by atoms with Crippen molar-refractivity contribution in [3.05, 3.63) is 227 Å². The maximum atomic E-state index is 13.9. The van der Waals surface area contributed by atoms with Gasteiger partial charge in [-0.05, 0) is 125 Å². The number of halogens is 9. The van der Waals surface area contributed by atoms with Crippen molar-refractivity contribution in [2.75, 3.05) is 73.0 Å². The second-order valence-electron chi connectivity index (χ2n) is 27.5. The molecule has 1 radical (unpaired) electrons. The van der Waals surface area contributed by atoms with Gasteiger partial charge in [0.15, 0.2) is 24.3 Å². The molecule has 0 aliphatic rings. The number of alkyl halides is 1. The number of nitrogens with zero attached hydrogens (tertiary/aromatic N) is 4. The Morgan fingerprint density at radius 1 is 0.604 bits per heavy atom. The van der Waals surface area contributed by atoms with Gasteiger partial charge in [-0.1, -0.05) is 167 Å². The molecule has 32 heteroatoms. The molecule has 8 rings (SSSR count). The summed E-state index contributed by atoms with van der Waals surface area (Å²) in [6.07, 6.45) is 10.3. The molecule has 2 heterocycles. The predicted molar refractivity (Wildman–Crippen MR) is 448 cm³/mol. The van der Waals surface area contributed by atoms with Gasteiger partial charge in [0.1, 0.15) is 6.40 Å². The van der Waals surface area contributed by atoms with Crippen LogP contribution in [0.1, 0.15) is 83.0 Å². The average molecular weight is 1970 g/mol. The minimum atomic E-state index is -0.920. The quantitative estimate of drug-likeness (QED) is 0.00249. The van der Waals surface area contributed by atoms with E-state index in [-0.39, 0.29) is 111 Å². The monoisotopic (exact) mass is 1970 g/mol. The van der Waals surface area contributed by atoms with Gasteiger partial charge in [-0.2, -0.15) is 4.57 Å². The van der Waals surface area contributed by atoms with E-state index < -0.39 is 38.3 Å². The van der Waals surface area contributed by atoms with E-state index in [0.29, 0.717) is 91.4 Å². The van der Waals surface area contributed by atoms with Crippen molar-refractivity contribution in [2.45, 2.75) is 134 Å². The van der Waals surface area contributed by atoms with E-state index in [9.17, 15) is 29.2 Å². The standard InChI is InChI=1S/C38H51N6O2.C33H48B3N6O5.C8H9Br.6ClH.2HI.V/c1-29-14-16-31(17-15-29)27-43-28-32(25-33-11-6-7-13-36(33)43)26-37(45)35(19-18-30-9-4-3-5-10-30)42-38(46)34(41)12-8-22-44(2,23-20-39)24-21-40;1-35(45)39-18-21-42(3,20-17-34-47-25-37)19-9-14-31(41-36(2)46)33(44)40-30(16-15-26-10-5-4-6-11-26)32(43)23-27-22-28-12-7-8-13-29(28)38-24-27;1-7-2-4-8(6-9)5-3-7;;;;;;;;;/h3-7,9-11,13-17,25,28,34-35H,8,12,18-24,26-27,39-41H2,1-2H3;4-8,10-13,22,24-25,30-31,37,39,41,45-46H,9,14-21,23H2,1-3H3;2-5H,6H2,1H3;8*1H;/q+1;;;;;;;;;;;+2/p-6/t34-,35+;30-,31-,42?;;;;;;;;;;/m00........../s1. The number of carbonyl (C=O) groups excluding carboxylic acids is 4. The molecule has 0 aliphatic carbocycles. The third-order valence-corrected chi connectivity index (χ3v) is 19.1. The Hall–Kier alpha value is -4.01. The van der Waals surface area contributed by atoms with Gasteiger partial charge in [0.05, 0.1) is 83.0 Å². The molecule has 13 N–H and O–H groups in total. The topological polar surface area (TPSA) is 285 Å². The first kappa shape index (κ1) is 109. The summed E-state index contributed by atoms with van der Waals surface area (Å²) in [7, 11) is 4.94. The first-order valence-corrected chi connectivity index (χ1v) is 46.4. The van der Waals surface area contributed by atoms with Crippen LogP contribution >= 0.6 is 55.9 Å². The minimum absolute atomic E-state index is 0. The number of nitrogens with one attached hydrogen (secondary N) is 5. The van der Waals surface area contributed by atoms with Crippen LogP contribution in [0, 0.1) is 19.3 Å². The number of nitrogens with two attached hydrogens (primary N) is 3. The third-order valence-electron chi connectivity index (χ3n) is 18.5. The zero-order valence-electron chi connectivity index (χ0n) is 64.3. The molecule has 19 nitrogen and oxygen atoms in total. The van der Waals surface area contributed by atoms with E-state index in [0.717, 1.165) is 106 Å². The molecule has 0 saturated carbocycles. The molecule has 5 atom stereocenters. The molecule has 6 aromatic carbocycles. The number of Topliss-reactive ketones (excluding diaryl/α,β-unsaturated/α-hetero) is 2. The molecule has 0 saturated heterocycles. The number of pyridine rings is 2. The predicted octanol–water partition coefficient (Wildman–Crippen LogP) is -8.01. The first-order chi connectivity index (χ1) is 50.5. The normalized spacial score (nSPS) is 12.1. The number of quaternary nitrogens is 2. The van der Waals surface area contributed by atoms with Gasteiger partial charge in [0, 0.05) is 78.3 Å². The van der Waals surface area contributed by atoms with Crippen LogP contribution in [0.2, 0.25) is 20.0 Å². The van der Waals surface area contributed by atoms with E-state index in [1.807, 2.05) is 103 Å². The summed E-state index contributed by atoms with van der Waals surface area (Å²) in [4.78, 5) is 59.3. The van der Waals surface area contributed by atoms with Gasteiger partial charge < -0.3 is 136 Å². The van der Waals surface area contributed by atoms with Crippen molar-refractivity contribution < 1.29 is 131 Å². The van der Waals surface area contributed by atoms with Crippen LogP contribution in [-0.4, -0.2) is 173 Å². The van der Waals surface area contributed by atoms with Crippen molar-refractivity contribution in [1.82, 2.24) is 26.1 Å². The first-order valence-electron chi connectivity index (χ1n) is 36.2. The van der Waals surface area contributed by atoms with Crippen molar-refractivity contribution in [1.29, 1.82) is 5.41 Å². The number of fused-ring (bicyclic) bond motifs is 2. The molecule has 2 amide bonds. The SMILES string of the molecule is CB(O)NCC[N+](C)(CC[B]OC=N)CCC[C@H](NB(C)O)C(=O)N[C@@H](CCc1ccccc1)C(=O)Cc1cnc2ccccc2c1.Cc1ccc(CBr)cc1.Cc1ccc(C[n+]2cc(CC(=O)[C@@H](CCc3ccccc3)NC(=O)[C@@H](N)CCC[N+](C)(CCN)CCN)cc3ccccc32)cc1.[Cl-].[Cl-].[Cl-].[Cl-].[Cl-].[Cl-].[I][V][I]. The van der Waals surface area contributed by atoms with Crippen LogP contribution in [0.5, 0.6) is 0 Å². The summed E-state index contributed by atoms with van der Waals surface area (Å²) in [5.41, 5.74) is 29.0. The van der Waals surface area contributed by atoms with E-state index in [2.05, 4.69) is 187 Å². The van der Waals surface area contributed by atoms with Crippen LogP contribution in [0.25, 0.3) is 21.8 Å². The maximum absolute atomic E-state index is 13.9. The van der Waals surface area contributed by atoms with E-state index in [4.69, 9.17) is 27.3 Å².